The van der Waals surface area contributed by atoms with Crippen molar-refractivity contribution >= 4 is 29.2 Å². The van der Waals surface area contributed by atoms with Crippen molar-refractivity contribution in [2.45, 2.75) is 64.3 Å². The van der Waals surface area contributed by atoms with E-state index in [0.29, 0.717) is 36.3 Å². The molecule has 0 fully saturated rings. The summed E-state index contributed by atoms with van der Waals surface area (Å²) >= 11 is 0. The quantitative estimate of drug-likeness (QED) is 0.241. The molecule has 0 saturated heterocycles. The molecular formula is C33H40FN5O4. The third kappa shape index (κ3) is 8.39. The van der Waals surface area contributed by atoms with Gasteiger partial charge in [-0.3, -0.25) is 9.59 Å². The van der Waals surface area contributed by atoms with Gasteiger partial charge in [0.2, 0.25) is 11.8 Å². The highest BCUT2D eigenvalue weighted by atomic mass is 19.1. The summed E-state index contributed by atoms with van der Waals surface area (Å²) in [5.41, 5.74) is 3.98. The molecule has 2 atom stereocenters. The third-order valence-electron chi connectivity index (χ3n) is 7.42. The van der Waals surface area contributed by atoms with Gasteiger partial charge in [-0.25, -0.2) is 9.18 Å². The predicted molar refractivity (Wildman–Crippen MR) is 166 cm³/mol. The van der Waals surface area contributed by atoms with Crippen molar-refractivity contribution in [3.8, 4) is 11.1 Å². The zero-order valence-corrected chi connectivity index (χ0v) is 25.0. The molecule has 0 spiro atoms. The standard InChI is InChI=1S/C33H40FN5O4/c1-21(40)19-36-33(2,3)18-30(41)37-28-15-13-24-17-25(34)14-16-29(24)39(31(28)42)20-22-9-11-23(12-10-22)26-7-5-6-8-27(26)38-32(43)35-4/h5-12,14,16-17,21,28,36,40H,13,15,18-20H2,1-4H3,(H,37,41)(H2,35,38,43)/t21-,28+/m0/s1. The van der Waals surface area contributed by atoms with Crippen LogP contribution in [-0.4, -0.2) is 54.2 Å². The van der Waals surface area contributed by atoms with Crippen molar-refractivity contribution in [2.24, 2.45) is 0 Å². The summed E-state index contributed by atoms with van der Waals surface area (Å²) in [5.74, 6) is -0.933. The van der Waals surface area contributed by atoms with E-state index < -0.39 is 17.7 Å². The number of anilines is 2. The van der Waals surface area contributed by atoms with Gasteiger partial charge in [-0.05, 0) is 74.6 Å². The number of amides is 4. The molecule has 9 nitrogen and oxygen atoms in total. The number of aliphatic hydroxyl groups excluding tert-OH is 1. The molecule has 3 aromatic rings. The van der Waals surface area contributed by atoms with Crippen molar-refractivity contribution in [1.29, 1.82) is 0 Å². The maximum atomic E-state index is 14.2. The molecule has 4 amide bonds. The number of carbonyl (C=O) groups excluding carboxylic acids is 3. The maximum absolute atomic E-state index is 14.2. The average Bonchev–Trinajstić information content (AvgIpc) is 3.08. The van der Waals surface area contributed by atoms with E-state index >= 15 is 0 Å². The topological polar surface area (TPSA) is 123 Å². The lowest BCUT2D eigenvalue weighted by Gasteiger charge is -2.29. The normalized spacial score (nSPS) is 15.7. The van der Waals surface area contributed by atoms with E-state index in [1.165, 1.54) is 12.1 Å². The molecule has 228 valence electrons. The Labute approximate surface area is 251 Å². The Kier molecular flexibility index (Phi) is 10.2. The van der Waals surface area contributed by atoms with Gasteiger partial charge in [0.05, 0.1) is 18.3 Å². The Morgan fingerprint density at radius 3 is 2.51 bits per heavy atom. The number of urea groups is 1. The molecule has 1 aliphatic heterocycles. The number of nitrogens with zero attached hydrogens (tertiary/aromatic N) is 1. The first-order valence-electron chi connectivity index (χ1n) is 14.4. The number of benzene rings is 3. The molecule has 0 radical (unpaired) electrons. The number of para-hydroxylation sites is 1. The van der Waals surface area contributed by atoms with Gasteiger partial charge in [0.15, 0.2) is 0 Å². The second-order valence-corrected chi connectivity index (χ2v) is 11.6. The van der Waals surface area contributed by atoms with Gasteiger partial charge in [-0.2, -0.15) is 0 Å². The minimum atomic E-state index is -0.780. The van der Waals surface area contributed by atoms with Crippen molar-refractivity contribution in [3.05, 3.63) is 83.7 Å². The van der Waals surface area contributed by atoms with Crippen LogP contribution in [0.3, 0.4) is 0 Å². The SMILES string of the molecule is CNC(=O)Nc1ccccc1-c1ccc(CN2C(=O)[C@H](NC(=O)CC(C)(C)NC[C@H](C)O)CCc3cc(F)ccc32)cc1. The lowest BCUT2D eigenvalue weighted by molar-refractivity contribution is -0.128. The second kappa shape index (κ2) is 13.8. The molecule has 43 heavy (non-hydrogen) atoms. The fraction of sp³-hybridized carbons (Fsp3) is 0.364. The molecule has 0 unspecified atom stereocenters. The van der Waals surface area contributed by atoms with Crippen LogP contribution in [-0.2, 0) is 22.6 Å². The van der Waals surface area contributed by atoms with E-state index in [0.717, 1.165) is 16.7 Å². The molecule has 1 aliphatic rings. The van der Waals surface area contributed by atoms with Crippen molar-refractivity contribution in [2.75, 3.05) is 23.8 Å². The summed E-state index contributed by atoms with van der Waals surface area (Å²) in [6.45, 7) is 5.96. The van der Waals surface area contributed by atoms with Crippen LogP contribution in [0, 0.1) is 5.82 Å². The van der Waals surface area contributed by atoms with E-state index in [-0.39, 0.29) is 36.6 Å². The minimum absolute atomic E-state index is 0.114. The van der Waals surface area contributed by atoms with Gasteiger partial charge in [0.25, 0.3) is 0 Å². The zero-order chi connectivity index (χ0) is 31.1. The summed E-state index contributed by atoms with van der Waals surface area (Å²) in [6, 6.07) is 18.5. The van der Waals surface area contributed by atoms with Crippen LogP contribution in [0.1, 0.15) is 44.7 Å². The molecule has 0 aliphatic carbocycles. The molecule has 0 bridgehead atoms. The van der Waals surface area contributed by atoms with Crippen LogP contribution >= 0.6 is 0 Å². The number of β-amino-alcohol motifs (C(OH)–C–C–N with tert-alkyl or cyclic N) is 1. The summed E-state index contributed by atoms with van der Waals surface area (Å²) in [7, 11) is 1.55. The number of hydrogen-bond donors (Lipinski definition) is 5. The van der Waals surface area contributed by atoms with Crippen LogP contribution in [0.5, 0.6) is 0 Å². The highest BCUT2D eigenvalue weighted by Gasteiger charge is 2.33. The Morgan fingerprint density at radius 1 is 1.09 bits per heavy atom. The molecule has 3 aromatic carbocycles. The van der Waals surface area contributed by atoms with Gasteiger partial charge in [-0.15, -0.1) is 0 Å². The Balaban J connectivity index is 1.55. The Bertz CT molecular complexity index is 1460. The number of aliphatic hydroxyl groups is 1. The monoisotopic (exact) mass is 589 g/mol. The second-order valence-electron chi connectivity index (χ2n) is 11.6. The average molecular weight is 590 g/mol. The first-order valence-corrected chi connectivity index (χ1v) is 14.4. The third-order valence-corrected chi connectivity index (χ3v) is 7.42. The lowest BCUT2D eigenvalue weighted by Crippen LogP contribution is -2.51. The fourth-order valence-corrected chi connectivity index (χ4v) is 5.18. The first kappa shape index (κ1) is 31.7. The predicted octanol–water partition coefficient (Wildman–Crippen LogP) is 4.35. The molecule has 0 aromatic heterocycles. The summed E-state index contributed by atoms with van der Waals surface area (Å²) in [5, 5.41) is 21.1. The molecular weight excluding hydrogens is 549 g/mol. The van der Waals surface area contributed by atoms with E-state index in [2.05, 4.69) is 21.3 Å². The highest BCUT2D eigenvalue weighted by molar-refractivity contribution is 6.00. The smallest absolute Gasteiger partial charge is 0.318 e. The van der Waals surface area contributed by atoms with E-state index in [1.807, 2.05) is 62.4 Å². The van der Waals surface area contributed by atoms with Crippen LogP contribution in [0.4, 0.5) is 20.6 Å². The van der Waals surface area contributed by atoms with Crippen molar-refractivity contribution < 1.29 is 23.9 Å². The summed E-state index contributed by atoms with van der Waals surface area (Å²) in [4.78, 5) is 40.5. The van der Waals surface area contributed by atoms with Crippen molar-refractivity contribution in [3.63, 3.8) is 0 Å². The summed E-state index contributed by atoms with van der Waals surface area (Å²) < 4.78 is 14.2. The zero-order valence-electron chi connectivity index (χ0n) is 25.0. The number of hydrogen-bond acceptors (Lipinski definition) is 5. The maximum Gasteiger partial charge on any atom is 0.318 e. The van der Waals surface area contributed by atoms with Crippen LogP contribution in [0.2, 0.25) is 0 Å². The van der Waals surface area contributed by atoms with E-state index in [4.69, 9.17) is 0 Å². The van der Waals surface area contributed by atoms with Crippen LogP contribution < -0.4 is 26.2 Å². The van der Waals surface area contributed by atoms with Gasteiger partial charge >= 0.3 is 6.03 Å². The Morgan fingerprint density at radius 2 is 1.81 bits per heavy atom. The molecule has 1 heterocycles. The largest absolute Gasteiger partial charge is 0.392 e. The number of nitrogens with one attached hydrogen (secondary N) is 4. The number of carbonyl (C=O) groups is 3. The highest BCUT2D eigenvalue weighted by Crippen LogP contribution is 2.31. The van der Waals surface area contributed by atoms with Gasteiger partial charge in [0.1, 0.15) is 11.9 Å². The number of aryl methyl sites for hydroxylation is 1. The first-order chi connectivity index (χ1) is 20.5. The van der Waals surface area contributed by atoms with Gasteiger partial charge < -0.3 is 31.3 Å². The number of halogens is 1. The minimum Gasteiger partial charge on any atom is -0.392 e. The van der Waals surface area contributed by atoms with E-state index in [1.54, 1.807) is 24.9 Å². The molecule has 5 N–H and O–H groups in total. The van der Waals surface area contributed by atoms with Crippen LogP contribution in [0.25, 0.3) is 11.1 Å². The molecule has 10 heteroatoms. The van der Waals surface area contributed by atoms with Crippen LogP contribution in [0.15, 0.2) is 66.7 Å². The van der Waals surface area contributed by atoms with Crippen molar-refractivity contribution in [1.82, 2.24) is 16.0 Å². The summed E-state index contributed by atoms with van der Waals surface area (Å²) in [6.07, 6.45) is 0.328. The number of rotatable bonds is 10. The van der Waals surface area contributed by atoms with Gasteiger partial charge in [0, 0.05) is 36.8 Å². The lowest BCUT2D eigenvalue weighted by atomic mass is 9.99. The molecule has 4 rings (SSSR count). The molecule has 0 saturated carbocycles. The number of fused-ring (bicyclic) bond motifs is 1. The Hall–Kier alpha value is -4.28. The fourth-order valence-electron chi connectivity index (χ4n) is 5.18. The van der Waals surface area contributed by atoms with E-state index in [9.17, 15) is 23.9 Å². The van der Waals surface area contributed by atoms with Gasteiger partial charge in [-0.1, -0.05) is 42.5 Å².